The van der Waals surface area contributed by atoms with Crippen LogP contribution in [0, 0.1) is 4.77 Å². The first-order valence-corrected chi connectivity index (χ1v) is 5.49. The predicted molar refractivity (Wildman–Crippen MR) is 61.2 cm³/mol. The molecule has 0 saturated heterocycles. The summed E-state index contributed by atoms with van der Waals surface area (Å²) in [4.78, 5) is 11.4. The highest BCUT2D eigenvalue weighted by atomic mass is 32.1. The lowest BCUT2D eigenvalue weighted by atomic mass is 10.3. The molecule has 7 heteroatoms. The first-order valence-electron chi connectivity index (χ1n) is 5.09. The second-order valence-corrected chi connectivity index (χ2v) is 4.11. The summed E-state index contributed by atoms with van der Waals surface area (Å²) < 4.78 is 2.04. The quantitative estimate of drug-likeness (QED) is 0.653. The lowest BCUT2D eigenvalue weighted by Gasteiger charge is -2.09. The summed E-state index contributed by atoms with van der Waals surface area (Å²) in [6.07, 6.45) is 0.318. The molecule has 1 heterocycles. The minimum atomic E-state index is -0.195. The van der Waals surface area contributed by atoms with E-state index in [1.165, 1.54) is 0 Å². The van der Waals surface area contributed by atoms with Crippen LogP contribution >= 0.6 is 12.2 Å². The van der Waals surface area contributed by atoms with Crippen molar-refractivity contribution in [3.05, 3.63) is 10.6 Å². The fourth-order valence-corrected chi connectivity index (χ4v) is 1.55. The molecule has 90 valence electrons. The number of H-pyrrole nitrogens is 1. The third-order valence-corrected chi connectivity index (χ3v) is 2.30. The molecule has 1 aromatic heterocycles. The second kappa shape index (κ2) is 5.76. The molecule has 0 aliphatic heterocycles. The molecular formula is C9H16N4O2S. The van der Waals surface area contributed by atoms with Crippen molar-refractivity contribution >= 4 is 18.1 Å². The Labute approximate surface area is 98.7 Å². The fraction of sp³-hybridized carbons (Fsp3) is 0.667. The van der Waals surface area contributed by atoms with Gasteiger partial charge in [0.05, 0.1) is 0 Å². The van der Waals surface area contributed by atoms with E-state index in [0.717, 1.165) is 0 Å². The summed E-state index contributed by atoms with van der Waals surface area (Å²) in [5.74, 6) is 0.407. The topological polar surface area (TPSA) is 82.9 Å². The van der Waals surface area contributed by atoms with E-state index in [9.17, 15) is 4.79 Å². The summed E-state index contributed by atoms with van der Waals surface area (Å²) in [6.45, 7) is 4.03. The van der Waals surface area contributed by atoms with Gasteiger partial charge in [0.1, 0.15) is 6.61 Å². The van der Waals surface area contributed by atoms with Crippen LogP contribution < -0.4 is 5.32 Å². The van der Waals surface area contributed by atoms with Crippen molar-refractivity contribution in [1.82, 2.24) is 20.1 Å². The number of rotatable bonds is 5. The fourth-order valence-electron chi connectivity index (χ4n) is 1.31. The molecule has 16 heavy (non-hydrogen) atoms. The number of hydrogen-bond acceptors (Lipinski definition) is 4. The largest absolute Gasteiger partial charge is 0.388 e. The van der Waals surface area contributed by atoms with Gasteiger partial charge in [0.25, 0.3) is 0 Å². The van der Waals surface area contributed by atoms with Gasteiger partial charge in [-0.1, -0.05) is 0 Å². The molecule has 0 aliphatic rings. The van der Waals surface area contributed by atoms with Gasteiger partial charge in [-0.25, -0.2) is 0 Å². The van der Waals surface area contributed by atoms with E-state index in [2.05, 4.69) is 15.5 Å². The highest BCUT2D eigenvalue weighted by molar-refractivity contribution is 7.71. The normalized spacial score (nSPS) is 10.8. The van der Waals surface area contributed by atoms with E-state index >= 15 is 0 Å². The van der Waals surface area contributed by atoms with E-state index in [0.29, 0.717) is 23.6 Å². The third kappa shape index (κ3) is 3.42. The molecule has 0 bridgehead atoms. The zero-order valence-corrected chi connectivity index (χ0v) is 10.2. The van der Waals surface area contributed by atoms with Gasteiger partial charge in [0.15, 0.2) is 10.6 Å². The second-order valence-electron chi connectivity index (χ2n) is 3.73. The Morgan fingerprint density at radius 2 is 2.38 bits per heavy atom. The molecule has 1 amide bonds. The molecule has 0 fully saturated rings. The molecule has 6 nitrogen and oxygen atoms in total. The van der Waals surface area contributed by atoms with Crippen molar-refractivity contribution < 1.29 is 9.90 Å². The smallest absolute Gasteiger partial charge is 0.221 e. The minimum Gasteiger partial charge on any atom is -0.388 e. The number of carbonyl (C=O) groups excluding carboxylic acids is 1. The average Bonchev–Trinajstić information content (AvgIpc) is 2.55. The number of aromatic nitrogens is 3. The zero-order chi connectivity index (χ0) is 12.1. The van der Waals surface area contributed by atoms with E-state index in [-0.39, 0.29) is 18.6 Å². The maximum Gasteiger partial charge on any atom is 0.221 e. The molecule has 0 atom stereocenters. The summed E-state index contributed by atoms with van der Waals surface area (Å²) in [5.41, 5.74) is 0. The minimum absolute atomic E-state index is 0.0398. The molecule has 0 spiro atoms. The van der Waals surface area contributed by atoms with Gasteiger partial charge in [-0.2, -0.15) is 5.10 Å². The van der Waals surface area contributed by atoms with Gasteiger partial charge in [-0.3, -0.25) is 9.89 Å². The summed E-state index contributed by atoms with van der Waals surface area (Å²) in [7, 11) is 0. The Morgan fingerprint density at radius 3 is 2.94 bits per heavy atom. The molecule has 1 rings (SSSR count). The Kier molecular flexibility index (Phi) is 4.63. The van der Waals surface area contributed by atoms with Crippen molar-refractivity contribution in [2.24, 2.45) is 0 Å². The van der Waals surface area contributed by atoms with Crippen molar-refractivity contribution in [2.45, 2.75) is 39.5 Å². The molecule has 0 radical (unpaired) electrons. The summed E-state index contributed by atoms with van der Waals surface area (Å²) in [6, 6.07) is 0.127. The van der Waals surface area contributed by atoms with Crippen LogP contribution in [-0.4, -0.2) is 31.8 Å². The number of carbonyl (C=O) groups is 1. The first-order chi connectivity index (χ1) is 7.54. The molecule has 0 aromatic carbocycles. The van der Waals surface area contributed by atoms with Crippen LogP contribution in [0.15, 0.2) is 0 Å². The van der Waals surface area contributed by atoms with E-state index < -0.39 is 0 Å². The van der Waals surface area contributed by atoms with Crippen molar-refractivity contribution in [1.29, 1.82) is 0 Å². The monoisotopic (exact) mass is 244 g/mol. The summed E-state index contributed by atoms with van der Waals surface area (Å²) >= 11 is 4.98. The lowest BCUT2D eigenvalue weighted by molar-refractivity contribution is -0.121. The van der Waals surface area contributed by atoms with Gasteiger partial charge < -0.3 is 15.0 Å². The Bertz CT molecular complexity index is 410. The first kappa shape index (κ1) is 12.9. The van der Waals surface area contributed by atoms with Crippen LogP contribution in [0.4, 0.5) is 0 Å². The molecule has 0 saturated carbocycles. The maximum atomic E-state index is 11.4. The van der Waals surface area contributed by atoms with Crippen molar-refractivity contribution in [2.75, 3.05) is 0 Å². The predicted octanol–water partition coefficient (Wildman–Crippen LogP) is 0.348. The third-order valence-electron chi connectivity index (χ3n) is 1.99. The van der Waals surface area contributed by atoms with Crippen LogP contribution in [0.1, 0.15) is 26.1 Å². The number of nitrogens with one attached hydrogen (secondary N) is 2. The van der Waals surface area contributed by atoms with E-state index in [4.69, 9.17) is 17.3 Å². The van der Waals surface area contributed by atoms with Crippen LogP contribution in [0.5, 0.6) is 0 Å². The Hall–Kier alpha value is -1.21. The maximum absolute atomic E-state index is 11.4. The van der Waals surface area contributed by atoms with Crippen LogP contribution in [-0.2, 0) is 17.9 Å². The highest BCUT2D eigenvalue weighted by Gasteiger charge is 2.08. The van der Waals surface area contributed by atoms with Gasteiger partial charge in [0, 0.05) is 19.0 Å². The van der Waals surface area contributed by atoms with Crippen molar-refractivity contribution in [3.8, 4) is 0 Å². The van der Waals surface area contributed by atoms with Gasteiger partial charge in [-0.05, 0) is 26.1 Å². The van der Waals surface area contributed by atoms with E-state index in [1.54, 1.807) is 4.57 Å². The van der Waals surface area contributed by atoms with E-state index in [1.807, 2.05) is 13.8 Å². The van der Waals surface area contributed by atoms with Crippen LogP contribution in [0.3, 0.4) is 0 Å². The average molecular weight is 244 g/mol. The van der Waals surface area contributed by atoms with Gasteiger partial charge in [-0.15, -0.1) is 0 Å². The van der Waals surface area contributed by atoms with Crippen LogP contribution in [0.2, 0.25) is 0 Å². The number of aromatic amines is 1. The molecule has 0 aliphatic carbocycles. The molecule has 1 aromatic rings. The number of aliphatic hydroxyl groups excluding tert-OH is 1. The summed E-state index contributed by atoms with van der Waals surface area (Å²) in [5, 5.41) is 18.2. The number of hydrogen-bond donors (Lipinski definition) is 3. The zero-order valence-electron chi connectivity index (χ0n) is 9.36. The molecule has 3 N–H and O–H groups in total. The lowest BCUT2D eigenvalue weighted by Crippen LogP contribution is -2.30. The SMILES string of the molecule is CC(C)NC(=O)CCn1c(CO)n[nH]c1=S. The molecular weight excluding hydrogens is 228 g/mol. The Balaban J connectivity index is 2.57. The molecule has 0 unspecified atom stereocenters. The number of nitrogens with zero attached hydrogens (tertiary/aromatic N) is 2. The highest BCUT2D eigenvalue weighted by Crippen LogP contribution is 2.00. The number of amides is 1. The van der Waals surface area contributed by atoms with Gasteiger partial charge in [0.2, 0.25) is 5.91 Å². The number of aliphatic hydroxyl groups is 1. The van der Waals surface area contributed by atoms with Crippen LogP contribution in [0.25, 0.3) is 0 Å². The van der Waals surface area contributed by atoms with Crippen molar-refractivity contribution in [3.63, 3.8) is 0 Å². The standard InChI is InChI=1S/C9H16N4O2S/c1-6(2)10-8(15)3-4-13-7(5-14)11-12-9(13)16/h6,14H,3-5H2,1-2H3,(H,10,15)(H,12,16). The van der Waals surface area contributed by atoms with Gasteiger partial charge >= 0.3 is 0 Å². The Morgan fingerprint density at radius 1 is 1.69 bits per heavy atom.